The van der Waals surface area contributed by atoms with Crippen LogP contribution in [0.4, 0.5) is 0 Å². The van der Waals surface area contributed by atoms with Crippen LogP contribution in [0.15, 0.2) is 63.4 Å². The molecule has 0 fully saturated rings. The van der Waals surface area contributed by atoms with Crippen molar-refractivity contribution in [2.75, 3.05) is 27.4 Å². The molecule has 2 aromatic carbocycles. The van der Waals surface area contributed by atoms with Gasteiger partial charge in [0.1, 0.15) is 6.61 Å². The zero-order valence-corrected chi connectivity index (χ0v) is 26.1. The van der Waals surface area contributed by atoms with E-state index in [1.165, 1.54) is 0 Å². The highest BCUT2D eigenvalue weighted by molar-refractivity contribution is 14.1. The van der Waals surface area contributed by atoms with Gasteiger partial charge in [-0.15, -0.1) is 0 Å². The molecule has 0 N–H and O–H groups in total. The van der Waals surface area contributed by atoms with Gasteiger partial charge in [-0.05, 0) is 78.5 Å². The molecule has 0 bridgehead atoms. The molecule has 2 aliphatic carbocycles. The van der Waals surface area contributed by atoms with Crippen LogP contribution in [0, 0.1) is 3.57 Å². The number of hydrogen-bond donors (Lipinski definition) is 0. The SMILES string of the molecule is COCCCN1C2=C(C(=O)CCC2)C(c2cc(I)c(OCc3ccccc3Br)c(OC)c2)C2=C1CCCC2=O. The fourth-order valence-corrected chi connectivity index (χ4v) is 7.18. The van der Waals surface area contributed by atoms with E-state index < -0.39 is 0 Å². The molecule has 39 heavy (non-hydrogen) atoms. The lowest BCUT2D eigenvalue weighted by Gasteiger charge is -2.44. The Bertz CT molecular complexity index is 1310. The van der Waals surface area contributed by atoms with Crippen LogP contribution in [0.5, 0.6) is 11.5 Å². The van der Waals surface area contributed by atoms with Crippen molar-refractivity contribution in [3.8, 4) is 11.5 Å². The smallest absolute Gasteiger partial charge is 0.174 e. The summed E-state index contributed by atoms with van der Waals surface area (Å²) in [5.74, 6) is 1.16. The van der Waals surface area contributed by atoms with Gasteiger partial charge in [0.2, 0.25) is 0 Å². The Balaban J connectivity index is 1.58. The van der Waals surface area contributed by atoms with E-state index in [9.17, 15) is 9.59 Å². The van der Waals surface area contributed by atoms with Gasteiger partial charge in [0.15, 0.2) is 23.1 Å². The van der Waals surface area contributed by atoms with E-state index in [-0.39, 0.29) is 17.5 Å². The van der Waals surface area contributed by atoms with Crippen LogP contribution in [-0.4, -0.2) is 43.8 Å². The molecule has 3 aliphatic rings. The molecule has 0 aromatic heterocycles. The summed E-state index contributed by atoms with van der Waals surface area (Å²) in [6.45, 7) is 1.78. The van der Waals surface area contributed by atoms with Gasteiger partial charge in [-0.2, -0.15) is 0 Å². The second-order valence-corrected chi connectivity index (χ2v) is 12.1. The normalized spacial score (nSPS) is 17.9. The number of halogens is 2. The second kappa shape index (κ2) is 12.6. The lowest BCUT2D eigenvalue weighted by atomic mass is 9.71. The molecule has 0 radical (unpaired) electrons. The number of ether oxygens (including phenoxy) is 3. The van der Waals surface area contributed by atoms with Crippen molar-refractivity contribution in [1.29, 1.82) is 0 Å². The fraction of sp³-hybridized carbons (Fsp3) is 0.419. The summed E-state index contributed by atoms with van der Waals surface area (Å²) >= 11 is 5.86. The number of carbonyl (C=O) groups excluding carboxylic acids is 2. The molecule has 0 saturated heterocycles. The van der Waals surface area contributed by atoms with Gasteiger partial charge in [-0.25, -0.2) is 0 Å². The van der Waals surface area contributed by atoms with Gasteiger partial charge in [-0.3, -0.25) is 9.59 Å². The van der Waals surface area contributed by atoms with E-state index >= 15 is 0 Å². The van der Waals surface area contributed by atoms with Gasteiger partial charge in [0, 0.05) is 71.6 Å². The summed E-state index contributed by atoms with van der Waals surface area (Å²) < 4.78 is 19.3. The Hall–Kier alpha value is -2.17. The largest absolute Gasteiger partial charge is 0.493 e. The third-order valence-electron chi connectivity index (χ3n) is 7.73. The first-order valence-electron chi connectivity index (χ1n) is 13.5. The Morgan fingerprint density at radius 2 is 1.64 bits per heavy atom. The molecule has 0 atom stereocenters. The van der Waals surface area contributed by atoms with Crippen LogP contribution in [-0.2, 0) is 20.9 Å². The van der Waals surface area contributed by atoms with Crippen molar-refractivity contribution in [3.63, 3.8) is 0 Å². The van der Waals surface area contributed by atoms with Crippen molar-refractivity contribution in [1.82, 2.24) is 4.90 Å². The number of nitrogens with zero attached hydrogens (tertiary/aromatic N) is 1. The van der Waals surface area contributed by atoms with Crippen molar-refractivity contribution >= 4 is 50.1 Å². The standard InChI is InChI=1S/C31H33BrINO5/c1-37-15-7-14-34-23-10-5-12-25(35)29(23)28(30-24(34)11-6-13-26(30)36)20-16-22(33)31(27(17-20)38-2)39-18-19-8-3-4-9-21(19)32/h3-4,8-9,16-17,28H,5-7,10-15,18H2,1-2H3. The first-order chi connectivity index (χ1) is 18.9. The monoisotopic (exact) mass is 705 g/mol. The topological polar surface area (TPSA) is 65.1 Å². The fourth-order valence-electron chi connectivity index (χ4n) is 6.00. The summed E-state index contributed by atoms with van der Waals surface area (Å²) in [5, 5.41) is 0. The number of methoxy groups -OCH3 is 2. The first-order valence-corrected chi connectivity index (χ1v) is 15.3. The van der Waals surface area contributed by atoms with E-state index in [0.717, 1.165) is 80.4 Å². The number of ketones is 2. The average Bonchev–Trinajstić information content (AvgIpc) is 2.93. The molecule has 0 unspecified atom stereocenters. The van der Waals surface area contributed by atoms with E-state index in [0.29, 0.717) is 37.6 Å². The highest BCUT2D eigenvalue weighted by Gasteiger charge is 2.43. The van der Waals surface area contributed by atoms with Crippen molar-refractivity contribution in [2.24, 2.45) is 0 Å². The molecule has 0 amide bonds. The maximum absolute atomic E-state index is 13.6. The van der Waals surface area contributed by atoms with Crippen molar-refractivity contribution < 1.29 is 23.8 Å². The number of carbonyl (C=O) groups is 2. The maximum Gasteiger partial charge on any atom is 0.174 e. The Morgan fingerprint density at radius 3 is 2.26 bits per heavy atom. The Kier molecular flexibility index (Phi) is 9.13. The van der Waals surface area contributed by atoms with Gasteiger partial charge in [-0.1, -0.05) is 34.1 Å². The lowest BCUT2D eigenvalue weighted by Crippen LogP contribution is -2.39. The van der Waals surface area contributed by atoms with Gasteiger partial charge >= 0.3 is 0 Å². The molecule has 5 rings (SSSR count). The van der Waals surface area contributed by atoms with Crippen molar-refractivity contribution in [3.05, 3.63) is 78.1 Å². The predicted molar refractivity (Wildman–Crippen MR) is 162 cm³/mol. The maximum atomic E-state index is 13.6. The summed E-state index contributed by atoms with van der Waals surface area (Å²) in [5.41, 5.74) is 5.69. The van der Waals surface area contributed by atoms with Crippen LogP contribution in [0.25, 0.3) is 0 Å². The van der Waals surface area contributed by atoms with Crippen LogP contribution in [0.2, 0.25) is 0 Å². The number of hydrogen-bond acceptors (Lipinski definition) is 6. The van der Waals surface area contributed by atoms with Crippen molar-refractivity contribution in [2.45, 2.75) is 57.5 Å². The third kappa shape index (κ3) is 5.70. The molecular weight excluding hydrogens is 673 g/mol. The quantitative estimate of drug-likeness (QED) is 0.205. The van der Waals surface area contributed by atoms with Gasteiger partial charge < -0.3 is 19.1 Å². The Morgan fingerprint density at radius 1 is 0.974 bits per heavy atom. The molecule has 0 saturated carbocycles. The molecule has 1 aliphatic heterocycles. The number of rotatable bonds is 9. The molecule has 2 aromatic rings. The minimum atomic E-state index is -0.381. The number of benzene rings is 2. The van der Waals surface area contributed by atoms with Crippen LogP contribution in [0.3, 0.4) is 0 Å². The lowest BCUT2D eigenvalue weighted by molar-refractivity contribution is -0.117. The zero-order valence-electron chi connectivity index (χ0n) is 22.4. The van der Waals surface area contributed by atoms with Gasteiger partial charge in [0.25, 0.3) is 0 Å². The van der Waals surface area contributed by atoms with Crippen LogP contribution in [0.1, 0.15) is 62.0 Å². The summed E-state index contributed by atoms with van der Waals surface area (Å²) in [4.78, 5) is 29.4. The number of Topliss-reactive ketones (excluding diaryl/α,β-unsaturated/α-hetero) is 2. The highest BCUT2D eigenvalue weighted by atomic mass is 127. The summed E-state index contributed by atoms with van der Waals surface area (Å²) in [6, 6.07) is 12.0. The summed E-state index contributed by atoms with van der Waals surface area (Å²) in [7, 11) is 3.34. The molecular formula is C31H33BrINO5. The summed E-state index contributed by atoms with van der Waals surface area (Å²) in [6.07, 6.45) is 5.23. The molecule has 6 nitrogen and oxygen atoms in total. The van der Waals surface area contributed by atoms with Crippen LogP contribution < -0.4 is 9.47 Å². The van der Waals surface area contributed by atoms with E-state index in [1.54, 1.807) is 14.2 Å². The minimum absolute atomic E-state index is 0.145. The first kappa shape index (κ1) is 28.4. The average molecular weight is 706 g/mol. The minimum Gasteiger partial charge on any atom is -0.493 e. The van der Waals surface area contributed by atoms with E-state index in [1.807, 2.05) is 30.3 Å². The molecule has 1 heterocycles. The molecule has 206 valence electrons. The van der Waals surface area contributed by atoms with Gasteiger partial charge in [0.05, 0.1) is 10.7 Å². The molecule has 8 heteroatoms. The predicted octanol–water partition coefficient (Wildman–Crippen LogP) is 7.09. The van der Waals surface area contributed by atoms with E-state index in [4.69, 9.17) is 14.2 Å². The van der Waals surface area contributed by atoms with E-state index in [2.05, 4.69) is 49.5 Å². The Labute approximate surface area is 252 Å². The second-order valence-electron chi connectivity index (χ2n) is 10.1. The third-order valence-corrected chi connectivity index (χ3v) is 9.31. The number of allylic oxidation sites excluding steroid dienone is 4. The van der Waals surface area contributed by atoms with Crippen LogP contribution >= 0.6 is 38.5 Å². The molecule has 0 spiro atoms. The highest BCUT2D eigenvalue weighted by Crippen LogP contribution is 2.50. The zero-order chi connectivity index (χ0) is 27.5.